The highest BCUT2D eigenvalue weighted by Gasteiger charge is 2.31. The third kappa shape index (κ3) is 10.5. The van der Waals surface area contributed by atoms with E-state index in [1.165, 1.54) is 22.4 Å². The number of hydrogen-bond donors (Lipinski definition) is 0. The molecule has 5 nitrogen and oxygen atoms in total. The number of allylic oxidation sites excluding steroid dienone is 4. The number of hydrogen-bond acceptors (Lipinski definition) is 5. The van der Waals surface area contributed by atoms with Crippen LogP contribution in [0.25, 0.3) is 44.6 Å². The first kappa shape index (κ1) is 51.0. The van der Waals surface area contributed by atoms with Crippen LogP contribution in [0, 0.1) is 18.8 Å². The van der Waals surface area contributed by atoms with Gasteiger partial charge in [0.25, 0.3) is 0 Å². The maximum atomic E-state index is 8.28. The number of benzene rings is 7. The van der Waals surface area contributed by atoms with Crippen molar-refractivity contribution in [2.24, 2.45) is 11.8 Å². The number of nitrogens with zero attached hydrogens (tertiary/aromatic N) is 3. The van der Waals surface area contributed by atoms with E-state index in [2.05, 4.69) is 229 Å². The maximum absolute atomic E-state index is 8.28. The summed E-state index contributed by atoms with van der Waals surface area (Å²) in [6.45, 7) is 24.7. The van der Waals surface area contributed by atoms with Crippen LogP contribution in [0.1, 0.15) is 92.2 Å². The molecule has 0 saturated heterocycles. The fourth-order valence-electron chi connectivity index (χ4n) is 11.3. The van der Waals surface area contributed by atoms with Crippen molar-refractivity contribution in [1.29, 1.82) is 0 Å². The Morgan fingerprint density at radius 3 is 1.76 bits per heavy atom. The smallest absolute Gasteiger partial charge is 0.135 e. The van der Waals surface area contributed by atoms with Gasteiger partial charge in [0.2, 0.25) is 0 Å². The first-order chi connectivity index (χ1) is 36.2. The molecule has 7 aromatic carbocycles. The number of anilines is 7. The van der Waals surface area contributed by atoms with E-state index in [0.717, 1.165) is 116 Å². The second-order valence-corrected chi connectivity index (χ2v) is 22.3. The molecule has 1 aliphatic rings. The molecule has 9 aromatic rings. The van der Waals surface area contributed by atoms with Gasteiger partial charge in [-0.1, -0.05) is 131 Å². The molecule has 0 N–H and O–H groups in total. The molecule has 10 rings (SSSR count). The van der Waals surface area contributed by atoms with Gasteiger partial charge in [0.05, 0.1) is 16.4 Å². The number of furan rings is 2. The average molecular weight is 1010 g/mol. The molecule has 2 heterocycles. The van der Waals surface area contributed by atoms with Crippen molar-refractivity contribution in [2.45, 2.75) is 99.5 Å². The molecule has 0 bridgehead atoms. The lowest BCUT2D eigenvalue weighted by atomic mass is 9.85. The minimum Gasteiger partial charge on any atom is -0.456 e. The Bertz CT molecular complexity index is 3410. The van der Waals surface area contributed by atoms with Crippen molar-refractivity contribution >= 4 is 73.4 Å². The first-order valence-electron chi connectivity index (χ1n) is 26.7. The third-order valence-electron chi connectivity index (χ3n) is 15.2. The van der Waals surface area contributed by atoms with E-state index in [1.54, 1.807) is 0 Å². The van der Waals surface area contributed by atoms with Crippen LogP contribution in [0.15, 0.2) is 214 Å². The molecule has 0 spiro atoms. The lowest BCUT2D eigenvalue weighted by molar-refractivity contribution is 0.333. The zero-order chi connectivity index (χ0) is 52.5. The van der Waals surface area contributed by atoms with E-state index >= 15 is 0 Å². The van der Waals surface area contributed by atoms with E-state index in [4.69, 9.17) is 20.4 Å². The van der Waals surface area contributed by atoms with E-state index in [0.29, 0.717) is 16.9 Å². The molecule has 0 saturated carbocycles. The molecule has 6 heteroatoms. The Morgan fingerprint density at radius 1 is 0.600 bits per heavy atom. The van der Waals surface area contributed by atoms with Crippen LogP contribution in [-0.2, 0) is 5.41 Å². The van der Waals surface area contributed by atoms with E-state index in [9.17, 15) is 0 Å². The van der Waals surface area contributed by atoms with Crippen LogP contribution in [0.2, 0.25) is 5.02 Å². The van der Waals surface area contributed by atoms with Crippen LogP contribution in [0.5, 0.6) is 0 Å². The summed E-state index contributed by atoms with van der Waals surface area (Å²) >= 11 is 8.28. The van der Waals surface area contributed by atoms with E-state index < -0.39 is 0 Å². The second-order valence-electron chi connectivity index (χ2n) is 22.0. The van der Waals surface area contributed by atoms with Gasteiger partial charge in [0.1, 0.15) is 22.7 Å². The molecular weight excluding hydrogens is 938 g/mol. The Labute approximate surface area is 450 Å². The number of aryl methyl sites for hydroxylation is 1. The van der Waals surface area contributed by atoms with Crippen molar-refractivity contribution < 1.29 is 8.83 Å². The molecule has 0 fully saturated rings. The molecule has 75 heavy (non-hydrogen) atoms. The highest BCUT2D eigenvalue weighted by atomic mass is 35.5. The van der Waals surface area contributed by atoms with Gasteiger partial charge in [0, 0.05) is 62.1 Å². The molecule has 0 aliphatic heterocycles. The van der Waals surface area contributed by atoms with Gasteiger partial charge in [-0.05, 0) is 190 Å². The summed E-state index contributed by atoms with van der Waals surface area (Å²) in [4.78, 5) is 7.28. The minimum absolute atomic E-state index is 0.0485. The fraction of sp³-hybridized carbons (Fsp3) is 0.246. The van der Waals surface area contributed by atoms with Crippen molar-refractivity contribution in [1.82, 2.24) is 0 Å². The predicted molar refractivity (Wildman–Crippen MR) is 320 cm³/mol. The monoisotopic (exact) mass is 1010 g/mol. The van der Waals surface area contributed by atoms with Crippen molar-refractivity contribution in [2.75, 3.05) is 14.7 Å². The Hall–Kier alpha value is -7.47. The SMILES string of the molecule is C=CCC(C(C)C)C(C)N(c1ccccc1)c1cccc(N(C2=C(C)CCCC=C2C)c2cc(C)cc(N(c3ccc(C(C)(C)C)cc3)c3cc(-c4cc5ccccc5o4)cc(-c4cc5ccccc5o4)c3)c2Cl)c1. The topological polar surface area (TPSA) is 36.0 Å². The van der Waals surface area contributed by atoms with Crippen LogP contribution < -0.4 is 14.7 Å². The highest BCUT2D eigenvalue weighted by molar-refractivity contribution is 6.36. The summed E-state index contributed by atoms with van der Waals surface area (Å²) in [6.07, 6.45) is 8.47. The van der Waals surface area contributed by atoms with Gasteiger partial charge in [-0.25, -0.2) is 0 Å². The quantitative estimate of drug-likeness (QED) is 0.0957. The van der Waals surface area contributed by atoms with Crippen LogP contribution in [0.4, 0.5) is 39.8 Å². The van der Waals surface area contributed by atoms with Crippen LogP contribution >= 0.6 is 11.6 Å². The molecule has 1 aliphatic carbocycles. The average Bonchev–Trinajstić information content (AvgIpc) is 4.02. The Balaban J connectivity index is 1.22. The number of para-hydroxylation sites is 3. The van der Waals surface area contributed by atoms with Crippen LogP contribution in [-0.4, -0.2) is 6.04 Å². The minimum atomic E-state index is -0.0485. The molecule has 380 valence electrons. The zero-order valence-electron chi connectivity index (χ0n) is 45.1. The van der Waals surface area contributed by atoms with Crippen molar-refractivity contribution in [3.8, 4) is 22.6 Å². The van der Waals surface area contributed by atoms with E-state index in [1.807, 2.05) is 36.4 Å². The Kier molecular flexibility index (Phi) is 14.6. The summed E-state index contributed by atoms with van der Waals surface area (Å²) < 4.78 is 13.3. The molecular formula is C69H70ClN3O2. The molecule has 0 radical (unpaired) electrons. The number of fused-ring (bicyclic) bond motifs is 2. The number of rotatable bonds is 15. The molecule has 2 atom stereocenters. The summed E-state index contributed by atoms with van der Waals surface area (Å²) in [6, 6.07) is 60.8. The zero-order valence-corrected chi connectivity index (χ0v) is 45.9. The number of halogens is 1. The normalized spacial score (nSPS) is 14.0. The van der Waals surface area contributed by atoms with E-state index in [-0.39, 0.29) is 11.5 Å². The maximum Gasteiger partial charge on any atom is 0.135 e. The van der Waals surface area contributed by atoms with Crippen LogP contribution in [0.3, 0.4) is 0 Å². The van der Waals surface area contributed by atoms with Gasteiger partial charge in [-0.15, -0.1) is 6.58 Å². The largest absolute Gasteiger partial charge is 0.456 e. The molecule has 0 amide bonds. The first-order valence-corrected chi connectivity index (χ1v) is 27.1. The highest BCUT2D eigenvalue weighted by Crippen LogP contribution is 2.50. The summed E-state index contributed by atoms with van der Waals surface area (Å²) in [5, 5.41) is 2.71. The third-order valence-corrected chi connectivity index (χ3v) is 15.6. The Morgan fingerprint density at radius 2 is 1.17 bits per heavy atom. The summed E-state index contributed by atoms with van der Waals surface area (Å²) in [7, 11) is 0. The summed E-state index contributed by atoms with van der Waals surface area (Å²) in [5.41, 5.74) is 16.4. The van der Waals surface area contributed by atoms with Gasteiger partial charge < -0.3 is 23.5 Å². The van der Waals surface area contributed by atoms with Gasteiger partial charge in [-0.3, -0.25) is 0 Å². The predicted octanol–water partition coefficient (Wildman–Crippen LogP) is 21.2. The van der Waals surface area contributed by atoms with Gasteiger partial charge in [0.15, 0.2) is 0 Å². The lowest BCUT2D eigenvalue weighted by Gasteiger charge is -2.39. The summed E-state index contributed by atoms with van der Waals surface area (Å²) in [5.74, 6) is 2.35. The standard InChI is InChI=1S/C69H70ClN3O2/c1-11-22-60(45(2)3)49(7)71(55-27-13-12-14-28-55)57-29-21-30-58(44-57)73(68-47(5)23-15-16-24-48(68)6)62-38-46(4)37-61(67(62)70)72(56-35-33-54(34-36-56)69(8,9)10)59-40-52(65-42-50-25-17-19-31-63(50)74-65)39-53(41-59)66-43-51-26-18-20-32-64(51)75-66/h11-14,17-21,23,25-45,49,60H,1,15-16,22,24H2,2-10H3. The second kappa shape index (κ2) is 21.4. The molecule has 2 unspecified atom stereocenters. The lowest BCUT2D eigenvalue weighted by Crippen LogP contribution is -2.37. The fourth-order valence-corrected chi connectivity index (χ4v) is 11.5. The van der Waals surface area contributed by atoms with Crippen molar-refractivity contribution in [3.63, 3.8) is 0 Å². The van der Waals surface area contributed by atoms with Gasteiger partial charge in [-0.2, -0.15) is 0 Å². The van der Waals surface area contributed by atoms with Crippen molar-refractivity contribution in [3.05, 3.63) is 222 Å². The molecule has 2 aromatic heterocycles. The van der Waals surface area contributed by atoms with Gasteiger partial charge >= 0.3 is 0 Å².